The number of hydrogen-bond donors (Lipinski definition) is 1. The third-order valence-corrected chi connectivity index (χ3v) is 3.37. The highest BCUT2D eigenvalue weighted by Gasteiger charge is 2.27. The van der Waals surface area contributed by atoms with E-state index >= 15 is 0 Å². The summed E-state index contributed by atoms with van der Waals surface area (Å²) in [6, 6.07) is 5.10. The molecule has 1 saturated heterocycles. The van der Waals surface area contributed by atoms with Crippen molar-refractivity contribution in [1.82, 2.24) is 0 Å². The van der Waals surface area contributed by atoms with Crippen LogP contribution in [0.5, 0.6) is 11.5 Å². The fourth-order valence-electron chi connectivity index (χ4n) is 2.42. The Morgan fingerprint density at radius 2 is 2.14 bits per heavy atom. The standard InChI is InChI=1S/C14H13N3O4/c15-4-3-13(18)16-9-6-11-12(21-8-20-11)7-10(9)17-5-1-2-14(17)19/h6-7H,1-3,5,8H2,(H,16,18). The maximum Gasteiger partial charge on any atom is 0.238 e. The number of ether oxygens (including phenoxy) is 2. The van der Waals surface area contributed by atoms with Gasteiger partial charge in [-0.15, -0.1) is 0 Å². The van der Waals surface area contributed by atoms with Crippen molar-refractivity contribution in [2.75, 3.05) is 23.6 Å². The fraction of sp³-hybridized carbons (Fsp3) is 0.357. The molecule has 3 rings (SSSR count). The van der Waals surface area contributed by atoms with Crippen LogP contribution in [0.15, 0.2) is 12.1 Å². The quantitative estimate of drug-likeness (QED) is 0.907. The molecule has 1 N–H and O–H groups in total. The van der Waals surface area contributed by atoms with Crippen molar-refractivity contribution in [2.24, 2.45) is 0 Å². The molecule has 0 aliphatic carbocycles. The van der Waals surface area contributed by atoms with E-state index in [9.17, 15) is 9.59 Å². The highest BCUT2D eigenvalue weighted by atomic mass is 16.7. The van der Waals surface area contributed by atoms with Crippen LogP contribution in [0.25, 0.3) is 0 Å². The Kier molecular flexibility index (Phi) is 3.36. The Morgan fingerprint density at radius 3 is 2.81 bits per heavy atom. The second-order valence-electron chi connectivity index (χ2n) is 4.75. The van der Waals surface area contributed by atoms with Crippen LogP contribution >= 0.6 is 0 Å². The molecule has 2 heterocycles. The molecule has 108 valence electrons. The smallest absolute Gasteiger partial charge is 0.238 e. The molecule has 2 aliphatic heterocycles. The van der Waals surface area contributed by atoms with E-state index in [1.807, 2.05) is 0 Å². The molecule has 0 bridgehead atoms. The molecule has 1 aromatic carbocycles. The maximum absolute atomic E-state index is 11.9. The van der Waals surface area contributed by atoms with Gasteiger partial charge in [0.2, 0.25) is 18.6 Å². The number of amides is 2. The number of nitriles is 1. The number of anilines is 2. The summed E-state index contributed by atoms with van der Waals surface area (Å²) in [6.07, 6.45) is 1.01. The van der Waals surface area contributed by atoms with E-state index in [0.29, 0.717) is 35.8 Å². The Bertz CT molecular complexity index is 650. The van der Waals surface area contributed by atoms with Crippen LogP contribution in [0.2, 0.25) is 0 Å². The maximum atomic E-state index is 11.9. The molecule has 0 atom stereocenters. The number of fused-ring (bicyclic) bond motifs is 1. The number of carbonyl (C=O) groups is 2. The highest BCUT2D eigenvalue weighted by Crippen LogP contribution is 2.42. The lowest BCUT2D eigenvalue weighted by Gasteiger charge is -2.20. The van der Waals surface area contributed by atoms with Crippen LogP contribution < -0.4 is 19.7 Å². The van der Waals surface area contributed by atoms with Gasteiger partial charge in [0.1, 0.15) is 6.42 Å². The Hall–Kier alpha value is -2.75. The number of carbonyl (C=O) groups excluding carboxylic acids is 2. The Morgan fingerprint density at radius 1 is 1.38 bits per heavy atom. The van der Waals surface area contributed by atoms with Crippen molar-refractivity contribution in [3.8, 4) is 17.6 Å². The first kappa shape index (κ1) is 13.2. The lowest BCUT2D eigenvalue weighted by molar-refractivity contribution is -0.117. The third-order valence-electron chi connectivity index (χ3n) is 3.37. The van der Waals surface area contributed by atoms with Gasteiger partial charge in [0.05, 0.1) is 17.4 Å². The van der Waals surface area contributed by atoms with E-state index in [-0.39, 0.29) is 19.1 Å². The van der Waals surface area contributed by atoms with E-state index < -0.39 is 5.91 Å². The van der Waals surface area contributed by atoms with Gasteiger partial charge in [-0.05, 0) is 6.42 Å². The van der Waals surface area contributed by atoms with Crippen LogP contribution in [0.3, 0.4) is 0 Å². The molecule has 0 saturated carbocycles. The molecular formula is C14H13N3O4. The molecular weight excluding hydrogens is 274 g/mol. The number of hydrogen-bond acceptors (Lipinski definition) is 5. The van der Waals surface area contributed by atoms with Gasteiger partial charge in [-0.1, -0.05) is 0 Å². The summed E-state index contributed by atoms with van der Waals surface area (Å²) in [4.78, 5) is 25.2. The molecule has 0 unspecified atom stereocenters. The van der Waals surface area contributed by atoms with Gasteiger partial charge in [0.25, 0.3) is 0 Å². The summed E-state index contributed by atoms with van der Waals surface area (Å²) in [5.74, 6) is 0.634. The van der Waals surface area contributed by atoms with Gasteiger partial charge in [0, 0.05) is 25.1 Å². The summed E-state index contributed by atoms with van der Waals surface area (Å²) in [5, 5.41) is 11.2. The van der Waals surface area contributed by atoms with E-state index in [1.165, 1.54) is 0 Å². The Labute approximate surface area is 121 Å². The van der Waals surface area contributed by atoms with Gasteiger partial charge in [-0.2, -0.15) is 5.26 Å². The van der Waals surface area contributed by atoms with Crippen molar-refractivity contribution in [3.05, 3.63) is 12.1 Å². The molecule has 7 nitrogen and oxygen atoms in total. The largest absolute Gasteiger partial charge is 0.454 e. The van der Waals surface area contributed by atoms with E-state index in [0.717, 1.165) is 6.42 Å². The first-order valence-corrected chi connectivity index (χ1v) is 6.60. The summed E-state index contributed by atoms with van der Waals surface area (Å²) in [5.41, 5.74) is 1.03. The van der Waals surface area contributed by atoms with Gasteiger partial charge < -0.3 is 19.7 Å². The first-order valence-electron chi connectivity index (χ1n) is 6.60. The zero-order chi connectivity index (χ0) is 14.8. The van der Waals surface area contributed by atoms with E-state index in [1.54, 1.807) is 23.1 Å². The van der Waals surface area contributed by atoms with Gasteiger partial charge in [-0.25, -0.2) is 0 Å². The van der Waals surface area contributed by atoms with E-state index in [4.69, 9.17) is 14.7 Å². The minimum Gasteiger partial charge on any atom is -0.454 e. The van der Waals surface area contributed by atoms with Crippen molar-refractivity contribution < 1.29 is 19.1 Å². The minimum atomic E-state index is -0.427. The third kappa shape index (κ3) is 2.48. The molecule has 1 aromatic rings. The van der Waals surface area contributed by atoms with Gasteiger partial charge in [0.15, 0.2) is 11.5 Å². The summed E-state index contributed by atoms with van der Waals surface area (Å²) in [6.45, 7) is 0.706. The highest BCUT2D eigenvalue weighted by molar-refractivity contribution is 6.03. The van der Waals surface area contributed by atoms with Crippen LogP contribution in [0.4, 0.5) is 11.4 Å². The average Bonchev–Trinajstić information content (AvgIpc) is 3.06. The van der Waals surface area contributed by atoms with E-state index in [2.05, 4.69) is 5.32 Å². The zero-order valence-corrected chi connectivity index (χ0v) is 11.2. The van der Waals surface area contributed by atoms with Crippen LogP contribution in [0, 0.1) is 11.3 Å². The average molecular weight is 287 g/mol. The van der Waals surface area contributed by atoms with Crippen LogP contribution in [-0.2, 0) is 9.59 Å². The second-order valence-corrected chi connectivity index (χ2v) is 4.75. The molecule has 2 aliphatic rings. The molecule has 21 heavy (non-hydrogen) atoms. The summed E-state index contributed by atoms with van der Waals surface area (Å²) < 4.78 is 10.6. The van der Waals surface area contributed by atoms with Crippen LogP contribution in [0.1, 0.15) is 19.3 Å². The minimum absolute atomic E-state index is 0.00430. The predicted octanol–water partition coefficient (Wildman–Crippen LogP) is 1.39. The second kappa shape index (κ2) is 5.32. The van der Waals surface area contributed by atoms with Gasteiger partial charge in [-0.3, -0.25) is 9.59 Å². The zero-order valence-electron chi connectivity index (χ0n) is 11.2. The van der Waals surface area contributed by atoms with Crippen molar-refractivity contribution in [3.63, 3.8) is 0 Å². The first-order chi connectivity index (χ1) is 10.2. The number of rotatable bonds is 3. The van der Waals surface area contributed by atoms with Gasteiger partial charge >= 0.3 is 0 Å². The summed E-state index contributed by atoms with van der Waals surface area (Å²) in [7, 11) is 0. The predicted molar refractivity (Wildman–Crippen MR) is 73.0 cm³/mol. The number of benzene rings is 1. The SMILES string of the molecule is N#CCC(=O)Nc1cc2c(cc1N1CCCC1=O)OCO2. The Balaban J connectivity index is 1.98. The monoisotopic (exact) mass is 287 g/mol. The molecule has 2 amide bonds. The molecule has 0 aromatic heterocycles. The topological polar surface area (TPSA) is 91.7 Å². The molecule has 1 fully saturated rings. The normalized spacial score (nSPS) is 16.0. The number of nitrogens with one attached hydrogen (secondary N) is 1. The van der Waals surface area contributed by atoms with Crippen LogP contribution in [-0.4, -0.2) is 25.2 Å². The summed E-state index contributed by atoms with van der Waals surface area (Å²) >= 11 is 0. The number of nitrogens with zero attached hydrogens (tertiary/aromatic N) is 2. The van der Waals surface area contributed by atoms with Crippen molar-refractivity contribution >= 4 is 23.2 Å². The molecule has 0 spiro atoms. The fourth-order valence-corrected chi connectivity index (χ4v) is 2.42. The molecule has 0 radical (unpaired) electrons. The lowest BCUT2D eigenvalue weighted by atomic mass is 10.2. The lowest BCUT2D eigenvalue weighted by Crippen LogP contribution is -2.25. The van der Waals surface area contributed by atoms with Crippen molar-refractivity contribution in [1.29, 1.82) is 5.26 Å². The van der Waals surface area contributed by atoms with Crippen molar-refractivity contribution in [2.45, 2.75) is 19.3 Å². The molecule has 7 heteroatoms.